The molecule has 0 heterocycles. The van der Waals surface area contributed by atoms with Crippen molar-refractivity contribution in [3.05, 3.63) is 35.9 Å². The van der Waals surface area contributed by atoms with Gasteiger partial charge < -0.3 is 5.11 Å². The van der Waals surface area contributed by atoms with Crippen LogP contribution >= 0.6 is 0 Å². The molecule has 0 aromatic heterocycles. The Morgan fingerprint density at radius 1 is 1.25 bits per heavy atom. The molecule has 16 heavy (non-hydrogen) atoms. The summed E-state index contributed by atoms with van der Waals surface area (Å²) in [7, 11) is -3.24. The maximum absolute atomic E-state index is 11.2. The summed E-state index contributed by atoms with van der Waals surface area (Å²) >= 11 is 0. The molecule has 0 saturated carbocycles. The molecule has 1 N–H and O–H groups in total. The highest BCUT2D eigenvalue weighted by Gasteiger charge is 2.11. The van der Waals surface area contributed by atoms with Gasteiger partial charge in [0.15, 0.2) is 9.84 Å². The number of carbonyl (C=O) groups is 1. The van der Waals surface area contributed by atoms with Crippen molar-refractivity contribution in [3.63, 3.8) is 0 Å². The van der Waals surface area contributed by atoms with Crippen LogP contribution in [0, 0.1) is 0 Å². The van der Waals surface area contributed by atoms with Gasteiger partial charge in [-0.15, -0.1) is 0 Å². The molecule has 0 saturated heterocycles. The van der Waals surface area contributed by atoms with E-state index in [0.717, 1.165) is 6.26 Å². The molecule has 0 unspecified atom stereocenters. The van der Waals surface area contributed by atoms with Crippen molar-refractivity contribution in [2.45, 2.75) is 11.8 Å². The van der Waals surface area contributed by atoms with Gasteiger partial charge in [0.05, 0.1) is 10.5 Å². The van der Waals surface area contributed by atoms with Crippen molar-refractivity contribution in [2.75, 3.05) is 6.26 Å². The van der Waals surface area contributed by atoms with E-state index in [2.05, 4.69) is 0 Å². The van der Waals surface area contributed by atoms with Gasteiger partial charge in [0, 0.05) is 6.26 Å². The van der Waals surface area contributed by atoms with Crippen molar-refractivity contribution < 1.29 is 18.3 Å². The normalized spacial score (nSPS) is 12.5. The van der Waals surface area contributed by atoms with Crippen molar-refractivity contribution in [1.29, 1.82) is 0 Å². The van der Waals surface area contributed by atoms with E-state index < -0.39 is 15.8 Å². The second-order valence-corrected chi connectivity index (χ2v) is 5.32. The zero-order valence-electron chi connectivity index (χ0n) is 8.97. The lowest BCUT2D eigenvalue weighted by atomic mass is 10.1. The van der Waals surface area contributed by atoms with E-state index in [-0.39, 0.29) is 10.5 Å². The Hall–Kier alpha value is -1.62. The second kappa shape index (κ2) is 4.49. The summed E-state index contributed by atoms with van der Waals surface area (Å²) in [6.45, 7) is 1.62. The summed E-state index contributed by atoms with van der Waals surface area (Å²) in [5, 5.41) is 8.87. The average Bonchev–Trinajstić information content (AvgIpc) is 2.17. The Balaban J connectivity index is 3.19. The number of benzene rings is 1. The Morgan fingerprint density at radius 3 is 2.06 bits per heavy atom. The predicted octanol–water partition coefficient (Wildman–Crippen LogP) is 1.58. The number of carboxylic acids is 1. The molecule has 5 heteroatoms. The van der Waals surface area contributed by atoms with E-state index in [4.69, 9.17) is 5.11 Å². The van der Waals surface area contributed by atoms with E-state index in [1.807, 2.05) is 0 Å². The number of rotatable bonds is 3. The maximum atomic E-state index is 11.2. The minimum absolute atomic E-state index is 0.153. The SMILES string of the molecule is CC=C(C(=O)O)c1ccc(S(C)(=O)=O)cc1. The van der Waals surface area contributed by atoms with Gasteiger partial charge >= 0.3 is 5.97 Å². The van der Waals surface area contributed by atoms with Gasteiger partial charge in [-0.2, -0.15) is 0 Å². The number of aliphatic carboxylic acids is 1. The van der Waals surface area contributed by atoms with Crippen LogP contribution < -0.4 is 0 Å². The quantitative estimate of drug-likeness (QED) is 0.814. The highest BCUT2D eigenvalue weighted by Crippen LogP contribution is 2.17. The van der Waals surface area contributed by atoms with E-state index in [0.29, 0.717) is 5.56 Å². The van der Waals surface area contributed by atoms with Crippen molar-refractivity contribution in [3.8, 4) is 0 Å². The molecule has 86 valence electrons. The molecule has 0 bridgehead atoms. The third-order valence-corrected chi connectivity index (χ3v) is 3.24. The number of carboxylic acid groups (broad SMARTS) is 1. The van der Waals surface area contributed by atoms with Crippen LogP contribution in [0.1, 0.15) is 12.5 Å². The molecule has 0 atom stereocenters. The smallest absolute Gasteiger partial charge is 0.335 e. The van der Waals surface area contributed by atoms with Gasteiger partial charge in [-0.05, 0) is 24.6 Å². The zero-order valence-corrected chi connectivity index (χ0v) is 9.78. The van der Waals surface area contributed by atoms with Crippen molar-refractivity contribution >= 4 is 21.4 Å². The molecular formula is C11H12O4S. The number of hydrogen-bond donors (Lipinski definition) is 1. The van der Waals surface area contributed by atoms with Gasteiger partial charge in [-0.1, -0.05) is 18.2 Å². The fourth-order valence-electron chi connectivity index (χ4n) is 1.30. The molecule has 4 nitrogen and oxygen atoms in total. The van der Waals surface area contributed by atoms with Crippen LogP contribution in [0.5, 0.6) is 0 Å². The first-order valence-electron chi connectivity index (χ1n) is 4.56. The summed E-state index contributed by atoms with van der Waals surface area (Å²) in [6.07, 6.45) is 2.58. The Bertz CT molecular complexity index is 524. The van der Waals surface area contributed by atoms with Gasteiger partial charge in [-0.3, -0.25) is 0 Å². The minimum atomic E-state index is -3.24. The average molecular weight is 240 g/mol. The zero-order chi connectivity index (χ0) is 12.3. The summed E-state index contributed by atoms with van der Waals surface area (Å²) < 4.78 is 22.4. The molecule has 0 fully saturated rings. The fraction of sp³-hybridized carbons (Fsp3) is 0.182. The highest BCUT2D eigenvalue weighted by molar-refractivity contribution is 7.90. The van der Waals surface area contributed by atoms with Crippen LogP contribution in [0.15, 0.2) is 35.2 Å². The molecule has 0 radical (unpaired) electrons. The molecular weight excluding hydrogens is 228 g/mol. The number of sulfone groups is 1. The van der Waals surface area contributed by atoms with Crippen LogP contribution in [0.25, 0.3) is 5.57 Å². The Morgan fingerprint density at radius 2 is 1.75 bits per heavy atom. The fourth-order valence-corrected chi connectivity index (χ4v) is 1.93. The number of allylic oxidation sites excluding steroid dienone is 1. The van der Waals surface area contributed by atoms with Crippen LogP contribution in [-0.2, 0) is 14.6 Å². The lowest BCUT2D eigenvalue weighted by Crippen LogP contribution is -2.01. The van der Waals surface area contributed by atoms with Gasteiger partial charge in [0.2, 0.25) is 0 Å². The lowest BCUT2D eigenvalue weighted by molar-refractivity contribution is -0.130. The lowest BCUT2D eigenvalue weighted by Gasteiger charge is -2.03. The van der Waals surface area contributed by atoms with Crippen molar-refractivity contribution in [2.24, 2.45) is 0 Å². The van der Waals surface area contributed by atoms with E-state index in [9.17, 15) is 13.2 Å². The Labute approximate surface area is 94.1 Å². The molecule has 0 aliphatic carbocycles. The van der Waals surface area contributed by atoms with Crippen LogP contribution in [0.4, 0.5) is 0 Å². The van der Waals surface area contributed by atoms with Crippen LogP contribution in [0.2, 0.25) is 0 Å². The topological polar surface area (TPSA) is 71.4 Å². The highest BCUT2D eigenvalue weighted by atomic mass is 32.2. The first kappa shape index (κ1) is 12.4. The summed E-state index contributed by atoms with van der Waals surface area (Å²) in [6, 6.07) is 5.77. The third-order valence-electron chi connectivity index (χ3n) is 2.11. The molecule has 1 aromatic carbocycles. The molecule has 1 rings (SSSR count). The predicted molar refractivity (Wildman–Crippen MR) is 60.8 cm³/mol. The molecule has 0 aliphatic rings. The standard InChI is InChI=1S/C11H12O4S/c1-3-10(11(12)13)8-4-6-9(7-5-8)16(2,14)15/h3-7H,1-2H3,(H,12,13). The third kappa shape index (κ3) is 2.70. The summed E-state index contributed by atoms with van der Waals surface area (Å²) in [5.41, 5.74) is 0.641. The van der Waals surface area contributed by atoms with E-state index >= 15 is 0 Å². The minimum Gasteiger partial charge on any atom is -0.478 e. The van der Waals surface area contributed by atoms with E-state index in [1.165, 1.54) is 30.3 Å². The molecule has 1 aromatic rings. The second-order valence-electron chi connectivity index (χ2n) is 3.30. The van der Waals surface area contributed by atoms with Crippen LogP contribution in [-0.4, -0.2) is 25.7 Å². The van der Waals surface area contributed by atoms with Crippen LogP contribution in [0.3, 0.4) is 0 Å². The molecule has 0 amide bonds. The van der Waals surface area contributed by atoms with Gasteiger partial charge in [-0.25, -0.2) is 13.2 Å². The first-order chi connectivity index (χ1) is 7.36. The van der Waals surface area contributed by atoms with Crippen molar-refractivity contribution in [1.82, 2.24) is 0 Å². The Kier molecular flexibility index (Phi) is 3.49. The summed E-state index contributed by atoms with van der Waals surface area (Å²) in [4.78, 5) is 11.0. The molecule has 0 aliphatic heterocycles. The largest absolute Gasteiger partial charge is 0.478 e. The monoisotopic (exact) mass is 240 g/mol. The maximum Gasteiger partial charge on any atom is 0.335 e. The van der Waals surface area contributed by atoms with Gasteiger partial charge in [0.1, 0.15) is 0 Å². The summed E-state index contributed by atoms with van der Waals surface area (Å²) in [5.74, 6) is -1.03. The molecule has 0 spiro atoms. The van der Waals surface area contributed by atoms with Gasteiger partial charge in [0.25, 0.3) is 0 Å². The van der Waals surface area contributed by atoms with E-state index in [1.54, 1.807) is 6.92 Å². The number of hydrogen-bond acceptors (Lipinski definition) is 3. The first-order valence-corrected chi connectivity index (χ1v) is 6.45.